The Morgan fingerprint density at radius 1 is 1.37 bits per heavy atom. The third-order valence-electron chi connectivity index (χ3n) is 2.23. The number of carbonyl (C=O) groups excluding carboxylic acids is 1. The van der Waals surface area contributed by atoms with Gasteiger partial charge in [-0.15, -0.1) is 0 Å². The quantitative estimate of drug-likeness (QED) is 0.762. The molecule has 0 heterocycles. The summed E-state index contributed by atoms with van der Waals surface area (Å²) in [5.74, 6) is -0.285. The lowest BCUT2D eigenvalue weighted by atomic mass is 10.2. The van der Waals surface area contributed by atoms with Gasteiger partial charge in [0.2, 0.25) is 5.91 Å². The standard InChI is InChI=1S/C14H18N2O3/c1-11(2)19-8-7-18-10-14(17)16-13-6-4-3-5-12(13)9-15/h3-6,11H,7-8,10H2,1-2H3,(H,16,17). The molecule has 0 aromatic heterocycles. The highest BCUT2D eigenvalue weighted by Gasteiger charge is 2.06. The SMILES string of the molecule is CC(C)OCCOCC(=O)Nc1ccccc1C#N. The Labute approximate surface area is 113 Å². The summed E-state index contributed by atoms with van der Waals surface area (Å²) < 4.78 is 10.5. The number of para-hydroxylation sites is 1. The second-order valence-corrected chi connectivity index (χ2v) is 4.18. The van der Waals surface area contributed by atoms with Crippen LogP contribution in [0.15, 0.2) is 24.3 Å². The average Bonchev–Trinajstić information content (AvgIpc) is 2.38. The van der Waals surface area contributed by atoms with Crippen LogP contribution in [0.25, 0.3) is 0 Å². The van der Waals surface area contributed by atoms with Crippen LogP contribution in [-0.4, -0.2) is 31.8 Å². The number of benzene rings is 1. The fraction of sp³-hybridized carbons (Fsp3) is 0.429. The summed E-state index contributed by atoms with van der Waals surface area (Å²) in [4.78, 5) is 11.6. The maximum atomic E-state index is 11.6. The van der Waals surface area contributed by atoms with Gasteiger partial charge in [0, 0.05) is 0 Å². The van der Waals surface area contributed by atoms with Gasteiger partial charge in [-0.25, -0.2) is 0 Å². The molecular formula is C14H18N2O3. The molecule has 19 heavy (non-hydrogen) atoms. The molecule has 0 atom stereocenters. The Bertz CT molecular complexity index is 452. The fourth-order valence-electron chi connectivity index (χ4n) is 1.38. The van der Waals surface area contributed by atoms with E-state index in [1.807, 2.05) is 19.9 Å². The molecule has 5 heteroatoms. The van der Waals surface area contributed by atoms with Crippen molar-refractivity contribution < 1.29 is 14.3 Å². The van der Waals surface area contributed by atoms with Gasteiger partial charge >= 0.3 is 0 Å². The summed E-state index contributed by atoms with van der Waals surface area (Å²) in [5, 5.41) is 11.5. The Morgan fingerprint density at radius 3 is 2.79 bits per heavy atom. The topological polar surface area (TPSA) is 71.3 Å². The van der Waals surface area contributed by atoms with Gasteiger partial charge in [0.15, 0.2) is 0 Å². The highest BCUT2D eigenvalue weighted by molar-refractivity contribution is 5.92. The minimum Gasteiger partial charge on any atom is -0.376 e. The van der Waals surface area contributed by atoms with Crippen molar-refractivity contribution in [2.24, 2.45) is 0 Å². The van der Waals surface area contributed by atoms with E-state index < -0.39 is 0 Å². The molecule has 0 saturated heterocycles. The van der Waals surface area contributed by atoms with Crippen LogP contribution >= 0.6 is 0 Å². The molecular weight excluding hydrogens is 244 g/mol. The molecule has 0 spiro atoms. The minimum atomic E-state index is -0.285. The number of amides is 1. The third kappa shape index (κ3) is 6.00. The van der Waals surface area contributed by atoms with E-state index in [1.165, 1.54) is 0 Å². The molecule has 1 aromatic carbocycles. The summed E-state index contributed by atoms with van der Waals surface area (Å²) in [5.41, 5.74) is 0.927. The smallest absolute Gasteiger partial charge is 0.250 e. The first kappa shape index (κ1) is 15.2. The predicted octanol–water partition coefficient (Wildman–Crippen LogP) is 1.94. The largest absolute Gasteiger partial charge is 0.376 e. The van der Waals surface area contributed by atoms with Crippen molar-refractivity contribution in [1.82, 2.24) is 0 Å². The highest BCUT2D eigenvalue weighted by Crippen LogP contribution is 2.13. The number of hydrogen-bond donors (Lipinski definition) is 1. The van der Waals surface area contributed by atoms with Crippen LogP contribution in [0.4, 0.5) is 5.69 Å². The molecule has 1 aromatic rings. The second kappa shape index (κ2) is 8.25. The van der Waals surface area contributed by atoms with E-state index >= 15 is 0 Å². The van der Waals surface area contributed by atoms with Gasteiger partial charge in [0.1, 0.15) is 12.7 Å². The Hall–Kier alpha value is -1.90. The van der Waals surface area contributed by atoms with Crippen molar-refractivity contribution in [3.63, 3.8) is 0 Å². The van der Waals surface area contributed by atoms with Gasteiger partial charge in [-0.1, -0.05) is 12.1 Å². The van der Waals surface area contributed by atoms with Crippen LogP contribution in [0.2, 0.25) is 0 Å². The molecule has 0 aliphatic rings. The van der Waals surface area contributed by atoms with E-state index in [1.54, 1.807) is 24.3 Å². The van der Waals surface area contributed by atoms with Crippen LogP contribution in [0.5, 0.6) is 0 Å². The van der Waals surface area contributed by atoms with E-state index in [9.17, 15) is 4.79 Å². The molecule has 5 nitrogen and oxygen atoms in total. The number of nitriles is 1. The molecule has 102 valence electrons. The summed E-state index contributed by atoms with van der Waals surface area (Å²) in [6.07, 6.45) is 0.153. The number of carbonyl (C=O) groups is 1. The number of rotatable bonds is 7. The van der Waals surface area contributed by atoms with Gasteiger partial charge in [0.05, 0.1) is 30.6 Å². The summed E-state index contributed by atoms with van der Waals surface area (Å²) in [6, 6.07) is 8.84. The number of anilines is 1. The molecule has 0 aliphatic carbocycles. The zero-order chi connectivity index (χ0) is 14.1. The van der Waals surface area contributed by atoms with Crippen molar-refractivity contribution in [1.29, 1.82) is 5.26 Å². The van der Waals surface area contributed by atoms with Crippen LogP contribution in [0.3, 0.4) is 0 Å². The van der Waals surface area contributed by atoms with Gasteiger partial charge in [-0.05, 0) is 26.0 Å². The van der Waals surface area contributed by atoms with E-state index in [0.717, 1.165) is 0 Å². The van der Waals surface area contributed by atoms with E-state index in [0.29, 0.717) is 24.5 Å². The van der Waals surface area contributed by atoms with Crippen LogP contribution in [-0.2, 0) is 14.3 Å². The molecule has 0 unspecified atom stereocenters. The molecule has 1 amide bonds. The second-order valence-electron chi connectivity index (χ2n) is 4.18. The van der Waals surface area contributed by atoms with Crippen molar-refractivity contribution in [3.8, 4) is 6.07 Å². The first-order valence-corrected chi connectivity index (χ1v) is 6.12. The Balaban J connectivity index is 2.30. The van der Waals surface area contributed by atoms with E-state index in [-0.39, 0.29) is 18.6 Å². The maximum absolute atomic E-state index is 11.6. The first-order valence-electron chi connectivity index (χ1n) is 6.12. The van der Waals surface area contributed by atoms with Gasteiger partial charge in [0.25, 0.3) is 0 Å². The Morgan fingerprint density at radius 2 is 2.11 bits per heavy atom. The van der Waals surface area contributed by atoms with Crippen LogP contribution < -0.4 is 5.32 Å². The average molecular weight is 262 g/mol. The normalized spacial score (nSPS) is 10.2. The van der Waals surface area contributed by atoms with E-state index in [2.05, 4.69) is 5.32 Å². The van der Waals surface area contributed by atoms with Gasteiger partial charge in [-0.3, -0.25) is 4.79 Å². The lowest BCUT2D eigenvalue weighted by molar-refractivity contribution is -0.121. The number of nitrogens with one attached hydrogen (secondary N) is 1. The lowest BCUT2D eigenvalue weighted by Gasteiger charge is -2.09. The first-order chi connectivity index (χ1) is 9.13. The zero-order valence-corrected chi connectivity index (χ0v) is 11.2. The summed E-state index contributed by atoms with van der Waals surface area (Å²) in [7, 11) is 0. The van der Waals surface area contributed by atoms with Crippen molar-refractivity contribution in [3.05, 3.63) is 29.8 Å². The monoisotopic (exact) mass is 262 g/mol. The molecule has 1 N–H and O–H groups in total. The van der Waals surface area contributed by atoms with E-state index in [4.69, 9.17) is 14.7 Å². The van der Waals surface area contributed by atoms with Crippen molar-refractivity contribution >= 4 is 11.6 Å². The number of nitrogens with zero attached hydrogens (tertiary/aromatic N) is 1. The van der Waals surface area contributed by atoms with Crippen molar-refractivity contribution in [2.45, 2.75) is 20.0 Å². The van der Waals surface area contributed by atoms with Crippen molar-refractivity contribution in [2.75, 3.05) is 25.1 Å². The van der Waals surface area contributed by atoms with Crippen LogP contribution in [0, 0.1) is 11.3 Å². The third-order valence-corrected chi connectivity index (χ3v) is 2.23. The molecule has 1 rings (SSSR count). The zero-order valence-electron chi connectivity index (χ0n) is 11.2. The number of hydrogen-bond acceptors (Lipinski definition) is 4. The molecule has 0 saturated carbocycles. The fourth-order valence-corrected chi connectivity index (χ4v) is 1.38. The summed E-state index contributed by atoms with van der Waals surface area (Å²) in [6.45, 7) is 4.64. The molecule has 0 bridgehead atoms. The van der Waals surface area contributed by atoms with Gasteiger partial charge < -0.3 is 14.8 Å². The lowest BCUT2D eigenvalue weighted by Crippen LogP contribution is -2.20. The maximum Gasteiger partial charge on any atom is 0.250 e. The molecule has 0 aliphatic heterocycles. The predicted molar refractivity (Wildman–Crippen MR) is 71.7 cm³/mol. The summed E-state index contributed by atoms with van der Waals surface area (Å²) >= 11 is 0. The minimum absolute atomic E-state index is 0.0543. The highest BCUT2D eigenvalue weighted by atomic mass is 16.5. The van der Waals surface area contributed by atoms with Crippen LogP contribution in [0.1, 0.15) is 19.4 Å². The van der Waals surface area contributed by atoms with Gasteiger partial charge in [-0.2, -0.15) is 5.26 Å². The molecule has 0 radical (unpaired) electrons. The number of ether oxygens (including phenoxy) is 2. The molecule has 0 fully saturated rings. The Kier molecular flexibility index (Phi) is 6.58.